The maximum absolute atomic E-state index is 13.8. The quantitative estimate of drug-likeness (QED) is 0.179. The van der Waals surface area contributed by atoms with E-state index in [4.69, 9.17) is 27.9 Å². The van der Waals surface area contributed by atoms with E-state index in [1.165, 1.54) is 17.6 Å². The average molecular weight is 673 g/mol. The summed E-state index contributed by atoms with van der Waals surface area (Å²) in [6.07, 6.45) is 2.74. The molecule has 0 unspecified atom stereocenters. The first-order valence-electron chi connectivity index (χ1n) is 15.7. The summed E-state index contributed by atoms with van der Waals surface area (Å²) in [5.74, 6) is 0.274. The van der Waals surface area contributed by atoms with Gasteiger partial charge in [0.25, 0.3) is 5.91 Å². The Labute approximate surface area is 286 Å². The minimum Gasteiger partial charge on any atom is -0.495 e. The maximum Gasteiger partial charge on any atom is 0.321 e. The van der Waals surface area contributed by atoms with Crippen LogP contribution in [0.1, 0.15) is 58.1 Å². The Morgan fingerprint density at radius 1 is 1.02 bits per heavy atom. The highest BCUT2D eigenvalue weighted by Gasteiger charge is 2.26. The Morgan fingerprint density at radius 3 is 2.45 bits per heavy atom. The topological polar surface area (TPSA) is 97.7 Å². The summed E-state index contributed by atoms with van der Waals surface area (Å²) in [6, 6.07) is 24.9. The van der Waals surface area contributed by atoms with Crippen molar-refractivity contribution in [3.05, 3.63) is 105 Å². The highest BCUT2D eigenvalue weighted by atomic mass is 35.5. The fourth-order valence-electron chi connectivity index (χ4n) is 6.31. The lowest BCUT2D eigenvalue weighted by molar-refractivity contribution is 0.0948. The number of anilines is 1. The van der Waals surface area contributed by atoms with Gasteiger partial charge in [0.2, 0.25) is 0 Å². The number of carbonyl (C=O) groups is 2. The molecule has 0 spiro atoms. The minimum absolute atomic E-state index is 0.0372. The van der Waals surface area contributed by atoms with Crippen molar-refractivity contribution >= 4 is 51.6 Å². The van der Waals surface area contributed by atoms with Gasteiger partial charge in [0, 0.05) is 32.2 Å². The number of piperidine rings is 1. The molecule has 8 nitrogen and oxygen atoms in total. The smallest absolute Gasteiger partial charge is 0.321 e. The highest BCUT2D eigenvalue weighted by Crippen LogP contribution is 2.35. The third-order valence-corrected chi connectivity index (χ3v) is 9.65. The van der Waals surface area contributed by atoms with Crippen molar-refractivity contribution < 1.29 is 14.3 Å². The van der Waals surface area contributed by atoms with Crippen LogP contribution in [0, 0.1) is 11.3 Å². The second-order valence-corrected chi connectivity index (χ2v) is 12.9. The number of amides is 3. The molecule has 5 rings (SSSR count). The Hall–Kier alpha value is -4.29. The SMILES string of the molecule is COc1c(C#N)cc2ccccc2c1C(=O)NC[C@@H](CCN1CCC(c2ccccc2NC(=O)N(C)C)CC1)c1ccc(Cl)c(Cl)c1. The van der Waals surface area contributed by atoms with Gasteiger partial charge in [0.15, 0.2) is 0 Å². The van der Waals surface area contributed by atoms with Crippen molar-refractivity contribution in [3.8, 4) is 11.8 Å². The molecule has 10 heteroatoms. The monoisotopic (exact) mass is 671 g/mol. The summed E-state index contributed by atoms with van der Waals surface area (Å²) < 4.78 is 5.58. The van der Waals surface area contributed by atoms with Gasteiger partial charge in [-0.1, -0.05) is 71.7 Å². The predicted octanol–water partition coefficient (Wildman–Crippen LogP) is 7.90. The zero-order valence-corrected chi connectivity index (χ0v) is 28.4. The van der Waals surface area contributed by atoms with Crippen LogP contribution in [0.4, 0.5) is 10.5 Å². The maximum atomic E-state index is 13.8. The summed E-state index contributed by atoms with van der Waals surface area (Å²) in [4.78, 5) is 30.1. The fourth-order valence-corrected chi connectivity index (χ4v) is 6.61. The van der Waals surface area contributed by atoms with Crippen molar-refractivity contribution in [2.24, 2.45) is 0 Å². The van der Waals surface area contributed by atoms with E-state index in [0.717, 1.165) is 60.9 Å². The highest BCUT2D eigenvalue weighted by molar-refractivity contribution is 6.42. The number of rotatable bonds is 10. The standard InChI is InChI=1S/C37H39Cl2N5O3/c1-43(2)37(46)42-33-11-7-6-9-29(33)24-14-17-44(18-15-24)19-16-27(25-12-13-31(38)32(39)21-25)23-41-36(45)34-30-10-5-4-8-26(30)20-28(22-40)35(34)47-3/h4-13,20-21,24,27H,14-19,23H2,1-3H3,(H,41,45)(H,42,46)/t27-/m1/s1. The molecule has 244 valence electrons. The van der Waals surface area contributed by atoms with E-state index in [0.29, 0.717) is 33.6 Å². The van der Waals surface area contributed by atoms with Crippen molar-refractivity contribution in [2.45, 2.75) is 31.1 Å². The molecule has 4 aromatic carbocycles. The van der Waals surface area contributed by atoms with E-state index in [1.807, 2.05) is 54.6 Å². The van der Waals surface area contributed by atoms with E-state index in [1.54, 1.807) is 26.2 Å². The number of nitrogens with one attached hydrogen (secondary N) is 2. The molecule has 0 aromatic heterocycles. The van der Waals surface area contributed by atoms with Crippen LogP contribution < -0.4 is 15.4 Å². The molecule has 1 atom stereocenters. The van der Waals surface area contributed by atoms with Gasteiger partial charge in [-0.05, 0) is 91.0 Å². The van der Waals surface area contributed by atoms with Crippen molar-refractivity contribution in [1.29, 1.82) is 5.26 Å². The van der Waals surface area contributed by atoms with Gasteiger partial charge >= 0.3 is 6.03 Å². The predicted molar refractivity (Wildman–Crippen MR) is 189 cm³/mol. The van der Waals surface area contributed by atoms with Crippen molar-refractivity contribution in [1.82, 2.24) is 15.1 Å². The minimum atomic E-state index is -0.305. The molecule has 0 radical (unpaired) electrons. The number of para-hydroxylation sites is 1. The lowest BCUT2D eigenvalue weighted by Crippen LogP contribution is -2.36. The third-order valence-electron chi connectivity index (χ3n) is 8.91. The molecule has 0 bridgehead atoms. The zero-order valence-electron chi connectivity index (χ0n) is 26.9. The van der Waals surface area contributed by atoms with Crippen LogP contribution in [0.15, 0.2) is 72.8 Å². The zero-order chi connectivity index (χ0) is 33.5. The number of benzene rings is 4. The number of hydrogen-bond donors (Lipinski definition) is 2. The van der Waals surface area contributed by atoms with Gasteiger partial charge in [-0.15, -0.1) is 0 Å². The van der Waals surface area contributed by atoms with Crippen molar-refractivity contribution in [2.75, 3.05) is 52.7 Å². The van der Waals surface area contributed by atoms with Gasteiger partial charge in [-0.3, -0.25) is 4.79 Å². The van der Waals surface area contributed by atoms with E-state index >= 15 is 0 Å². The average Bonchev–Trinajstić information content (AvgIpc) is 3.09. The molecule has 0 saturated carbocycles. The first-order chi connectivity index (χ1) is 22.7. The Morgan fingerprint density at radius 2 is 1.74 bits per heavy atom. The lowest BCUT2D eigenvalue weighted by Gasteiger charge is -2.34. The Bertz CT molecular complexity index is 1800. The number of hydrogen-bond acceptors (Lipinski definition) is 5. The van der Waals surface area contributed by atoms with Crippen LogP contribution in [0.2, 0.25) is 10.0 Å². The summed E-state index contributed by atoms with van der Waals surface area (Å²) >= 11 is 12.7. The fraction of sp³-hybridized carbons (Fsp3) is 0.324. The first-order valence-corrected chi connectivity index (χ1v) is 16.5. The van der Waals surface area contributed by atoms with Crippen molar-refractivity contribution in [3.63, 3.8) is 0 Å². The molecule has 1 aliphatic rings. The summed E-state index contributed by atoms with van der Waals surface area (Å²) in [5.41, 5.74) is 3.68. The number of fused-ring (bicyclic) bond motifs is 1. The Kier molecular flexibility index (Phi) is 11.3. The number of halogens is 2. The number of ether oxygens (including phenoxy) is 1. The number of nitrogens with zero attached hydrogens (tertiary/aromatic N) is 3. The molecule has 0 aliphatic carbocycles. The number of urea groups is 1. The van der Waals surface area contributed by atoms with Crippen LogP contribution in [0.25, 0.3) is 10.8 Å². The second-order valence-electron chi connectivity index (χ2n) is 12.1. The number of carbonyl (C=O) groups excluding carboxylic acids is 2. The van der Waals surface area contributed by atoms with E-state index in [-0.39, 0.29) is 23.6 Å². The van der Waals surface area contributed by atoms with Gasteiger partial charge in [0.05, 0.1) is 28.3 Å². The normalized spacial score (nSPS) is 14.3. The molecule has 1 saturated heterocycles. The second kappa shape index (κ2) is 15.5. The van der Waals surface area contributed by atoms with E-state index in [9.17, 15) is 14.9 Å². The van der Waals surface area contributed by atoms with Crippen LogP contribution >= 0.6 is 23.2 Å². The number of methoxy groups -OCH3 is 1. The molecular formula is C37H39Cl2N5O3. The van der Waals surface area contributed by atoms with Crippen LogP contribution in [0.3, 0.4) is 0 Å². The van der Waals surface area contributed by atoms with Gasteiger partial charge in [-0.2, -0.15) is 5.26 Å². The van der Waals surface area contributed by atoms with Crippen LogP contribution in [-0.2, 0) is 0 Å². The van der Waals surface area contributed by atoms with E-state index in [2.05, 4.69) is 27.7 Å². The lowest BCUT2D eigenvalue weighted by atomic mass is 9.87. The number of likely N-dealkylation sites (tertiary alicyclic amines) is 1. The van der Waals surface area contributed by atoms with Crippen LogP contribution in [0.5, 0.6) is 5.75 Å². The molecule has 1 aliphatic heterocycles. The van der Waals surface area contributed by atoms with Crippen LogP contribution in [-0.4, -0.2) is 69.1 Å². The first kappa shape index (κ1) is 34.1. The summed E-state index contributed by atoms with van der Waals surface area (Å²) in [6.45, 7) is 3.04. The Balaban J connectivity index is 1.29. The summed E-state index contributed by atoms with van der Waals surface area (Å²) in [7, 11) is 4.94. The molecule has 2 N–H and O–H groups in total. The van der Waals surface area contributed by atoms with Gasteiger partial charge < -0.3 is 25.2 Å². The largest absolute Gasteiger partial charge is 0.495 e. The van der Waals surface area contributed by atoms with Gasteiger partial charge in [0.1, 0.15) is 11.8 Å². The molecule has 4 aromatic rings. The summed E-state index contributed by atoms with van der Waals surface area (Å²) in [5, 5.41) is 18.4. The van der Waals surface area contributed by atoms with E-state index < -0.39 is 0 Å². The molecular weight excluding hydrogens is 633 g/mol. The molecule has 47 heavy (non-hydrogen) atoms. The molecule has 3 amide bonds. The molecule has 1 heterocycles. The third kappa shape index (κ3) is 7.99. The van der Waals surface area contributed by atoms with Gasteiger partial charge in [-0.25, -0.2) is 4.79 Å². The molecule has 1 fully saturated rings. The number of nitriles is 1.